The molecule has 0 aromatic heterocycles. The Labute approximate surface area is 112 Å². The molecule has 0 aliphatic carbocycles. The average Bonchev–Trinajstić information content (AvgIpc) is 0.722. The van der Waals surface area contributed by atoms with Gasteiger partial charge in [-0.1, -0.05) is 0 Å². The van der Waals surface area contributed by atoms with Crippen LogP contribution in [0.2, 0.25) is 0 Å². The predicted octanol–water partition coefficient (Wildman–Crippen LogP) is -1.72. The van der Waals surface area contributed by atoms with E-state index in [4.69, 9.17) is 17.5 Å². The molecule has 0 aromatic carbocycles. The van der Waals surface area contributed by atoms with Crippen molar-refractivity contribution in [2.75, 3.05) is 0 Å². The van der Waals surface area contributed by atoms with E-state index in [-0.39, 0.29) is 87.2 Å². The quantitative estimate of drug-likeness (QED) is 0.302. The first-order chi connectivity index (χ1) is 2.00. The molecular formula is CeO4SSr+3. The zero-order valence-corrected chi connectivity index (χ0v) is 10.7. The van der Waals surface area contributed by atoms with E-state index in [1.165, 1.54) is 0 Å². The molecule has 1 radical (unpaired) electrons. The van der Waals surface area contributed by atoms with Gasteiger partial charge >= 0.3 is 87.2 Å². The summed E-state index contributed by atoms with van der Waals surface area (Å²) in [5.74, 6) is 0. The molecule has 33 valence electrons. The third-order valence-electron chi connectivity index (χ3n) is 0. The zero-order valence-electron chi connectivity index (χ0n) is 3.25. The molecule has 0 N–H and O–H groups in total. The van der Waals surface area contributed by atoms with Crippen LogP contribution >= 0.6 is 0 Å². The van der Waals surface area contributed by atoms with Gasteiger partial charge in [0, 0.05) is 10.4 Å². The summed E-state index contributed by atoms with van der Waals surface area (Å²) in [4.78, 5) is 0. The molecule has 7 heavy (non-hydrogen) atoms. The molecule has 7 heteroatoms. The van der Waals surface area contributed by atoms with Gasteiger partial charge in [0.05, 0.1) is 0 Å². The molecule has 4 nitrogen and oxygen atoms in total. The monoisotopic (exact) mass is 324 g/mol. The molecule has 0 atom stereocenters. The van der Waals surface area contributed by atoms with Gasteiger partial charge in [-0.25, -0.2) is 0 Å². The molecule has 0 heterocycles. The van der Waals surface area contributed by atoms with Crippen molar-refractivity contribution < 1.29 is 59.3 Å². The molecule has 0 fully saturated rings. The molecule has 0 unspecified atom stereocenters. The zero-order chi connectivity index (χ0) is 4.50. The largest absolute Gasteiger partial charge is 3.00 e. The van der Waals surface area contributed by atoms with Gasteiger partial charge in [0.25, 0.3) is 0 Å². The molecular weight excluding hydrogens is 324 g/mol. The number of hydrogen-bond donors (Lipinski definition) is 0. The first kappa shape index (κ1) is 16.4. The first-order valence-corrected chi connectivity index (χ1v) is 2.00. The minimum absolute atomic E-state index is 0. The van der Waals surface area contributed by atoms with Crippen molar-refractivity contribution in [3.8, 4) is 0 Å². The topological polar surface area (TPSA) is 80.3 Å². The second-order valence-electron chi connectivity index (χ2n) is 0.408. The van der Waals surface area contributed by atoms with Gasteiger partial charge in [-0.15, -0.1) is 0 Å². The smallest absolute Gasteiger partial charge is 0.759 e. The summed E-state index contributed by atoms with van der Waals surface area (Å²) >= 11 is 0. The fourth-order valence-electron chi connectivity index (χ4n) is 0. The first-order valence-electron chi connectivity index (χ1n) is 0.667. The molecule has 0 aliphatic rings. The molecule has 0 bridgehead atoms. The van der Waals surface area contributed by atoms with E-state index in [2.05, 4.69) is 0 Å². The van der Waals surface area contributed by atoms with Gasteiger partial charge in [0.2, 0.25) is 0 Å². The van der Waals surface area contributed by atoms with E-state index >= 15 is 0 Å². The average molecular weight is 324 g/mol. The van der Waals surface area contributed by atoms with Crippen molar-refractivity contribution in [1.82, 2.24) is 0 Å². The summed E-state index contributed by atoms with van der Waals surface area (Å²) in [6.07, 6.45) is 0. The van der Waals surface area contributed by atoms with Crippen LogP contribution in [0.1, 0.15) is 0 Å². The third kappa shape index (κ3) is 53.1. The van der Waals surface area contributed by atoms with Crippen molar-refractivity contribution in [2.45, 2.75) is 0 Å². The van der Waals surface area contributed by atoms with Gasteiger partial charge in [-0.05, 0) is 0 Å². The van der Waals surface area contributed by atoms with Crippen LogP contribution in [0.5, 0.6) is 0 Å². The fourth-order valence-corrected chi connectivity index (χ4v) is 0. The molecule has 0 aromatic rings. The SMILES string of the molecule is O=S(=O)([O-])[O-].[Ce+3].[Sr+2]. The molecule has 0 saturated heterocycles. The van der Waals surface area contributed by atoms with Crippen molar-refractivity contribution in [3.05, 3.63) is 0 Å². The van der Waals surface area contributed by atoms with Crippen LogP contribution in [0.25, 0.3) is 0 Å². The van der Waals surface area contributed by atoms with Crippen molar-refractivity contribution in [3.63, 3.8) is 0 Å². The Balaban J connectivity index is -0.0000000800. The van der Waals surface area contributed by atoms with E-state index in [0.717, 1.165) is 0 Å². The fraction of sp³-hybridized carbons (Fsp3) is 0. The minimum Gasteiger partial charge on any atom is -0.759 e. The Hall–Kier alpha value is 2.73. The van der Waals surface area contributed by atoms with Crippen molar-refractivity contribution in [1.29, 1.82) is 0 Å². The van der Waals surface area contributed by atoms with Crippen molar-refractivity contribution in [2.24, 2.45) is 0 Å². The van der Waals surface area contributed by atoms with Gasteiger partial charge < -0.3 is 9.11 Å². The van der Waals surface area contributed by atoms with Crippen LogP contribution in [0.3, 0.4) is 0 Å². The maximum atomic E-state index is 8.52. The van der Waals surface area contributed by atoms with Gasteiger partial charge in [-0.3, -0.25) is 8.42 Å². The molecule has 0 aliphatic heterocycles. The van der Waals surface area contributed by atoms with Crippen LogP contribution in [-0.2, 0) is 10.4 Å². The summed E-state index contributed by atoms with van der Waals surface area (Å²) in [6.45, 7) is 0. The minimum atomic E-state index is -5.17. The number of hydrogen-bond acceptors (Lipinski definition) is 4. The molecule has 0 rings (SSSR count). The van der Waals surface area contributed by atoms with E-state index < -0.39 is 10.4 Å². The van der Waals surface area contributed by atoms with Crippen LogP contribution in [-0.4, -0.2) is 63.0 Å². The standard InChI is InChI=1S/Ce.H2O4S.Sr/c;1-5(2,3)4;/h;(H2,1,2,3,4);/q+3;;+2/p-2. The van der Waals surface area contributed by atoms with Crippen LogP contribution in [0, 0.1) is 41.7 Å². The molecule has 0 spiro atoms. The maximum Gasteiger partial charge on any atom is 3.00 e. The van der Waals surface area contributed by atoms with E-state index in [1.807, 2.05) is 0 Å². The Morgan fingerprint density at radius 2 is 1.14 bits per heavy atom. The van der Waals surface area contributed by atoms with Crippen molar-refractivity contribution >= 4 is 55.9 Å². The Morgan fingerprint density at radius 1 is 1.14 bits per heavy atom. The normalized spacial score (nSPS) is 8.29. The Morgan fingerprint density at radius 3 is 1.14 bits per heavy atom. The molecule has 0 saturated carbocycles. The Kier molecular flexibility index (Phi) is 16.0. The third-order valence-corrected chi connectivity index (χ3v) is 0. The van der Waals surface area contributed by atoms with Crippen LogP contribution < -0.4 is 0 Å². The van der Waals surface area contributed by atoms with E-state index in [9.17, 15) is 0 Å². The van der Waals surface area contributed by atoms with Gasteiger partial charge in [-0.2, -0.15) is 0 Å². The van der Waals surface area contributed by atoms with Gasteiger partial charge in [0.15, 0.2) is 0 Å². The summed E-state index contributed by atoms with van der Waals surface area (Å²) in [7, 11) is -5.17. The van der Waals surface area contributed by atoms with Crippen LogP contribution in [0.4, 0.5) is 0 Å². The Bertz CT molecular complexity index is 94.9. The van der Waals surface area contributed by atoms with E-state index in [1.54, 1.807) is 0 Å². The second kappa shape index (κ2) is 6.84. The summed E-state index contributed by atoms with van der Waals surface area (Å²) in [6, 6.07) is 0. The summed E-state index contributed by atoms with van der Waals surface area (Å²) in [5, 5.41) is 0. The predicted molar refractivity (Wildman–Crippen MR) is 16.2 cm³/mol. The summed E-state index contributed by atoms with van der Waals surface area (Å²) in [5.41, 5.74) is 0. The van der Waals surface area contributed by atoms with Gasteiger partial charge in [0.1, 0.15) is 0 Å². The second-order valence-corrected chi connectivity index (χ2v) is 1.22. The molecule has 0 amide bonds. The summed E-state index contributed by atoms with van der Waals surface area (Å²) < 4.78 is 34.1. The number of rotatable bonds is 0. The maximum absolute atomic E-state index is 8.52. The van der Waals surface area contributed by atoms with Crippen LogP contribution in [0.15, 0.2) is 0 Å². The van der Waals surface area contributed by atoms with E-state index in [0.29, 0.717) is 0 Å².